The molecule has 44 heavy (non-hydrogen) atoms. The Kier molecular flexibility index (Phi) is 9.13. The van der Waals surface area contributed by atoms with Gasteiger partial charge in [0, 0.05) is 11.8 Å². The average molecular weight is 637 g/mol. The lowest BCUT2D eigenvalue weighted by Crippen LogP contribution is -2.20. The molecule has 9 nitrogen and oxygen atoms in total. The van der Waals surface area contributed by atoms with Gasteiger partial charge in [-0.05, 0) is 70.5 Å². The summed E-state index contributed by atoms with van der Waals surface area (Å²) in [7, 11) is -8.32. The maximum atomic E-state index is 13.0. The standard InChI is InChI=1S/C33H36N2O7S2/c1-32(2,3)23-14-18-27(19-15-23)43(37,38)41-26-11-9-10-25(22-26)34-31(36)35-29-12-7-8-13-30(29)42-44(39,40)28-20-16-24(17-21-28)33(4,5)6/h7-22H,1-6H3,(H2,34,35,36). The van der Waals surface area contributed by atoms with Gasteiger partial charge in [0.05, 0.1) is 5.69 Å². The highest BCUT2D eigenvalue weighted by atomic mass is 32.2. The van der Waals surface area contributed by atoms with E-state index in [2.05, 4.69) is 10.6 Å². The number of nitrogens with one attached hydrogen (secondary N) is 2. The largest absolute Gasteiger partial charge is 0.379 e. The minimum Gasteiger partial charge on any atom is -0.379 e. The zero-order chi connectivity index (χ0) is 32.3. The van der Waals surface area contributed by atoms with Crippen molar-refractivity contribution >= 4 is 37.6 Å². The fraction of sp³-hybridized carbons (Fsp3) is 0.242. The number of hydrogen-bond donors (Lipinski definition) is 2. The molecule has 4 rings (SSSR count). The monoisotopic (exact) mass is 636 g/mol. The molecule has 4 aromatic rings. The quantitative estimate of drug-likeness (QED) is 0.192. The number of hydrogen-bond acceptors (Lipinski definition) is 7. The van der Waals surface area contributed by atoms with Crippen molar-refractivity contribution in [2.24, 2.45) is 0 Å². The second kappa shape index (κ2) is 12.3. The smallest absolute Gasteiger partial charge is 0.339 e. The summed E-state index contributed by atoms with van der Waals surface area (Å²) in [6, 6.07) is 24.2. The Hall–Kier alpha value is -4.35. The lowest BCUT2D eigenvalue weighted by molar-refractivity contribution is 0.262. The summed E-state index contributed by atoms with van der Waals surface area (Å²) in [5.41, 5.74) is 2.01. The number of amides is 2. The highest BCUT2D eigenvalue weighted by molar-refractivity contribution is 7.87. The van der Waals surface area contributed by atoms with E-state index in [1.54, 1.807) is 42.5 Å². The molecule has 0 aliphatic carbocycles. The van der Waals surface area contributed by atoms with Crippen molar-refractivity contribution in [1.29, 1.82) is 0 Å². The van der Waals surface area contributed by atoms with Crippen molar-refractivity contribution in [2.75, 3.05) is 10.6 Å². The molecule has 0 aliphatic heterocycles. The van der Waals surface area contributed by atoms with Crippen LogP contribution in [0.1, 0.15) is 52.7 Å². The molecule has 2 N–H and O–H groups in total. The first-order valence-corrected chi connectivity index (χ1v) is 16.6. The third-order valence-electron chi connectivity index (χ3n) is 6.65. The first-order chi connectivity index (χ1) is 20.4. The van der Waals surface area contributed by atoms with Crippen LogP contribution in [0.25, 0.3) is 0 Å². The van der Waals surface area contributed by atoms with Crippen LogP contribution < -0.4 is 19.0 Å². The van der Waals surface area contributed by atoms with Gasteiger partial charge < -0.3 is 19.0 Å². The van der Waals surface area contributed by atoms with Gasteiger partial charge in [0.25, 0.3) is 0 Å². The third kappa shape index (κ3) is 8.18. The highest BCUT2D eigenvalue weighted by Gasteiger charge is 2.22. The number of anilines is 2. The fourth-order valence-electron chi connectivity index (χ4n) is 4.14. The molecular formula is C33H36N2O7S2. The summed E-state index contributed by atoms with van der Waals surface area (Å²) in [4.78, 5) is 12.8. The summed E-state index contributed by atoms with van der Waals surface area (Å²) in [5.74, 6) is -0.0850. The molecule has 0 aromatic heterocycles. The van der Waals surface area contributed by atoms with Crippen molar-refractivity contribution in [3.05, 3.63) is 108 Å². The SMILES string of the molecule is CC(C)(C)c1ccc(S(=O)(=O)Oc2cccc(NC(=O)Nc3ccccc3OS(=O)(=O)c3ccc(C(C)(C)C)cc3)c2)cc1. The molecule has 2 amide bonds. The zero-order valence-electron chi connectivity index (χ0n) is 25.4. The Bertz CT molecular complexity index is 1860. The molecular weight excluding hydrogens is 601 g/mol. The van der Waals surface area contributed by atoms with E-state index >= 15 is 0 Å². The topological polar surface area (TPSA) is 128 Å². The van der Waals surface area contributed by atoms with Crippen LogP contribution in [0.2, 0.25) is 0 Å². The van der Waals surface area contributed by atoms with Crippen molar-refractivity contribution in [3.63, 3.8) is 0 Å². The number of carbonyl (C=O) groups is 1. The van der Waals surface area contributed by atoms with E-state index in [0.29, 0.717) is 0 Å². The van der Waals surface area contributed by atoms with Gasteiger partial charge in [-0.15, -0.1) is 0 Å². The van der Waals surface area contributed by atoms with Crippen molar-refractivity contribution in [2.45, 2.75) is 62.2 Å². The molecule has 0 saturated carbocycles. The van der Waals surface area contributed by atoms with Gasteiger partial charge in [0.2, 0.25) is 0 Å². The summed E-state index contributed by atoms with van der Waals surface area (Å²) in [6.45, 7) is 12.2. The molecule has 4 aromatic carbocycles. The molecule has 0 bridgehead atoms. The summed E-state index contributed by atoms with van der Waals surface area (Å²) >= 11 is 0. The molecule has 0 spiro atoms. The van der Waals surface area contributed by atoms with Gasteiger partial charge in [0.1, 0.15) is 15.5 Å². The number of carbonyl (C=O) groups excluding carboxylic acids is 1. The van der Waals surface area contributed by atoms with Gasteiger partial charge in [-0.2, -0.15) is 16.8 Å². The van der Waals surface area contributed by atoms with Gasteiger partial charge in [-0.25, -0.2) is 4.79 Å². The predicted octanol–water partition coefficient (Wildman–Crippen LogP) is 7.46. The van der Waals surface area contributed by atoms with E-state index in [1.807, 2.05) is 41.5 Å². The minimum atomic E-state index is -4.19. The molecule has 232 valence electrons. The van der Waals surface area contributed by atoms with Crippen LogP contribution in [0.15, 0.2) is 107 Å². The molecule has 0 radical (unpaired) electrons. The molecule has 0 aliphatic rings. The zero-order valence-corrected chi connectivity index (χ0v) is 27.0. The first-order valence-electron chi connectivity index (χ1n) is 13.8. The second-order valence-corrected chi connectivity index (χ2v) is 15.3. The number of benzene rings is 4. The third-order valence-corrected chi connectivity index (χ3v) is 9.16. The van der Waals surface area contributed by atoms with Crippen molar-refractivity contribution in [1.82, 2.24) is 0 Å². The molecule has 0 unspecified atom stereocenters. The summed E-state index contributed by atoms with van der Waals surface area (Å²) in [5, 5.41) is 5.17. The molecule has 0 heterocycles. The van der Waals surface area contributed by atoms with Crippen LogP contribution in [0.5, 0.6) is 11.5 Å². The molecule has 0 saturated heterocycles. The van der Waals surface area contributed by atoms with E-state index < -0.39 is 26.3 Å². The molecule has 0 atom stereocenters. The Morgan fingerprint density at radius 3 is 1.61 bits per heavy atom. The van der Waals surface area contributed by atoms with E-state index in [1.165, 1.54) is 54.6 Å². The number of urea groups is 1. The van der Waals surface area contributed by atoms with E-state index in [-0.39, 0.29) is 43.5 Å². The Morgan fingerprint density at radius 2 is 1.09 bits per heavy atom. The lowest BCUT2D eigenvalue weighted by Gasteiger charge is -2.19. The van der Waals surface area contributed by atoms with Gasteiger partial charge >= 0.3 is 26.3 Å². The van der Waals surface area contributed by atoms with Crippen LogP contribution in [0.4, 0.5) is 16.2 Å². The van der Waals surface area contributed by atoms with E-state index in [9.17, 15) is 21.6 Å². The Labute approximate surface area is 259 Å². The maximum Gasteiger partial charge on any atom is 0.339 e. The van der Waals surface area contributed by atoms with E-state index in [4.69, 9.17) is 8.37 Å². The minimum absolute atomic E-state index is 0.00156. The predicted molar refractivity (Wildman–Crippen MR) is 171 cm³/mol. The van der Waals surface area contributed by atoms with Crippen LogP contribution in [0, 0.1) is 0 Å². The van der Waals surface area contributed by atoms with Gasteiger partial charge in [-0.3, -0.25) is 0 Å². The molecule has 11 heteroatoms. The van der Waals surface area contributed by atoms with Gasteiger partial charge in [0.15, 0.2) is 5.75 Å². The normalized spacial score (nSPS) is 12.3. The lowest BCUT2D eigenvalue weighted by atomic mass is 9.87. The van der Waals surface area contributed by atoms with Crippen LogP contribution in [0.3, 0.4) is 0 Å². The molecule has 0 fully saturated rings. The average Bonchev–Trinajstić information content (AvgIpc) is 2.93. The van der Waals surface area contributed by atoms with Crippen molar-refractivity contribution in [3.8, 4) is 11.5 Å². The fourth-order valence-corrected chi connectivity index (χ4v) is 6.01. The highest BCUT2D eigenvalue weighted by Crippen LogP contribution is 2.30. The maximum absolute atomic E-state index is 13.0. The first kappa shape index (κ1) is 32.6. The van der Waals surface area contributed by atoms with Crippen LogP contribution >= 0.6 is 0 Å². The Balaban J connectivity index is 1.44. The summed E-state index contributed by atoms with van der Waals surface area (Å²) < 4.78 is 62.4. The number of para-hydroxylation sites is 2. The van der Waals surface area contributed by atoms with Crippen LogP contribution in [-0.2, 0) is 31.1 Å². The Morgan fingerprint density at radius 1 is 0.591 bits per heavy atom. The van der Waals surface area contributed by atoms with Crippen molar-refractivity contribution < 1.29 is 30.0 Å². The number of rotatable bonds is 8. The summed E-state index contributed by atoms with van der Waals surface area (Å²) in [6.07, 6.45) is 0. The van der Waals surface area contributed by atoms with Crippen LogP contribution in [-0.4, -0.2) is 22.9 Å². The van der Waals surface area contributed by atoms with E-state index in [0.717, 1.165) is 11.1 Å². The second-order valence-electron chi connectivity index (χ2n) is 12.2. The van der Waals surface area contributed by atoms with Gasteiger partial charge in [-0.1, -0.05) is 84.0 Å².